The molecule has 3 rings (SSSR count). The third kappa shape index (κ3) is 5.31. The highest BCUT2D eigenvalue weighted by Gasteiger charge is 2.20. The summed E-state index contributed by atoms with van der Waals surface area (Å²) in [5.74, 6) is -0.0400. The van der Waals surface area contributed by atoms with E-state index >= 15 is 0 Å². The van der Waals surface area contributed by atoms with E-state index in [1.165, 1.54) is 0 Å². The number of carbonyl (C=O) groups is 1. The molecule has 3 aromatic rings. The van der Waals surface area contributed by atoms with Crippen LogP contribution in [0.4, 0.5) is 0 Å². The number of carboxylic acid groups (broad SMARTS) is 1. The molecule has 0 bridgehead atoms. The molecule has 7 heteroatoms. The van der Waals surface area contributed by atoms with Crippen LogP contribution < -0.4 is 4.74 Å². The molecule has 1 aromatic heterocycles. The van der Waals surface area contributed by atoms with Gasteiger partial charge >= 0.3 is 5.97 Å². The van der Waals surface area contributed by atoms with Gasteiger partial charge in [0.15, 0.2) is 5.15 Å². The molecule has 0 aliphatic carbocycles. The summed E-state index contributed by atoms with van der Waals surface area (Å²) in [6.07, 6.45) is 0.297. The molecule has 152 valence electrons. The van der Waals surface area contributed by atoms with Crippen LogP contribution in [0.5, 0.6) is 5.75 Å². The van der Waals surface area contributed by atoms with Crippen LogP contribution in [-0.4, -0.2) is 20.6 Å². The molecule has 5 nitrogen and oxygen atoms in total. The molecule has 1 atom stereocenters. The highest BCUT2D eigenvalue weighted by Crippen LogP contribution is 2.27. The Morgan fingerprint density at radius 2 is 1.93 bits per heavy atom. The zero-order valence-corrected chi connectivity index (χ0v) is 17.7. The second-order valence-electron chi connectivity index (χ2n) is 6.95. The van der Waals surface area contributed by atoms with Gasteiger partial charge in [-0.15, -0.1) is 0 Å². The van der Waals surface area contributed by atoms with Gasteiger partial charge in [0.05, 0.1) is 18.2 Å². The van der Waals surface area contributed by atoms with E-state index in [2.05, 4.69) is 4.98 Å². The second-order valence-corrected chi connectivity index (χ2v) is 7.72. The normalized spacial score (nSPS) is 12.0. The quantitative estimate of drug-likeness (QED) is 0.518. The van der Waals surface area contributed by atoms with Gasteiger partial charge in [0.1, 0.15) is 18.2 Å². The number of imidazole rings is 1. The summed E-state index contributed by atoms with van der Waals surface area (Å²) in [6, 6.07) is 15.5. The van der Waals surface area contributed by atoms with Crippen LogP contribution in [-0.2, 0) is 24.4 Å². The fraction of sp³-hybridized carbons (Fsp3) is 0.273. The van der Waals surface area contributed by atoms with Gasteiger partial charge in [0.2, 0.25) is 0 Å². The van der Waals surface area contributed by atoms with Gasteiger partial charge in [-0.3, -0.25) is 4.79 Å². The molecule has 0 spiro atoms. The van der Waals surface area contributed by atoms with Crippen molar-refractivity contribution in [1.82, 2.24) is 9.55 Å². The maximum atomic E-state index is 11.2. The topological polar surface area (TPSA) is 64.3 Å². The van der Waals surface area contributed by atoms with E-state index in [9.17, 15) is 9.90 Å². The summed E-state index contributed by atoms with van der Waals surface area (Å²) in [6.45, 7) is 4.40. The minimum absolute atomic E-state index is 0.297. The van der Waals surface area contributed by atoms with E-state index in [1.807, 2.05) is 54.0 Å². The molecule has 0 radical (unpaired) electrons. The first-order valence-corrected chi connectivity index (χ1v) is 10.00. The molecule has 1 N–H and O–H groups in total. The number of aliphatic carboxylic acids is 1. The van der Waals surface area contributed by atoms with E-state index < -0.39 is 11.9 Å². The Morgan fingerprint density at radius 1 is 1.21 bits per heavy atom. The zero-order valence-electron chi connectivity index (χ0n) is 16.2. The number of rotatable bonds is 8. The Labute approximate surface area is 179 Å². The Morgan fingerprint density at radius 3 is 2.59 bits per heavy atom. The summed E-state index contributed by atoms with van der Waals surface area (Å²) in [5, 5.41) is 10.1. The number of ether oxygens (including phenoxy) is 1. The lowest BCUT2D eigenvalue weighted by atomic mass is 10.1. The van der Waals surface area contributed by atoms with Crippen molar-refractivity contribution >= 4 is 29.2 Å². The van der Waals surface area contributed by atoms with Crippen molar-refractivity contribution in [2.24, 2.45) is 5.92 Å². The predicted molar refractivity (Wildman–Crippen MR) is 114 cm³/mol. The molecule has 0 aliphatic heterocycles. The molecule has 0 aliphatic rings. The van der Waals surface area contributed by atoms with Crippen molar-refractivity contribution in [3.05, 3.63) is 81.4 Å². The number of halogens is 2. The predicted octanol–water partition coefficient (Wildman–Crippen LogP) is 5.39. The third-order valence-corrected chi connectivity index (χ3v) is 5.39. The van der Waals surface area contributed by atoms with E-state index in [1.54, 1.807) is 13.0 Å². The lowest BCUT2D eigenvalue weighted by molar-refractivity contribution is -0.141. The van der Waals surface area contributed by atoms with Crippen molar-refractivity contribution in [2.75, 3.05) is 0 Å². The summed E-state index contributed by atoms with van der Waals surface area (Å²) in [5.41, 5.74) is 2.65. The summed E-state index contributed by atoms with van der Waals surface area (Å²) in [7, 11) is 0. The van der Waals surface area contributed by atoms with Crippen LogP contribution in [0.2, 0.25) is 10.2 Å². The Bertz CT molecular complexity index is 1000. The lowest BCUT2D eigenvalue weighted by Gasteiger charge is -2.14. The largest absolute Gasteiger partial charge is 0.489 e. The van der Waals surface area contributed by atoms with Crippen LogP contribution >= 0.6 is 23.2 Å². The molecule has 2 aromatic carbocycles. The van der Waals surface area contributed by atoms with Crippen LogP contribution in [0.1, 0.15) is 29.6 Å². The lowest BCUT2D eigenvalue weighted by Crippen LogP contribution is -2.16. The van der Waals surface area contributed by atoms with E-state index in [-0.39, 0.29) is 0 Å². The van der Waals surface area contributed by atoms with Crippen LogP contribution in [0, 0.1) is 12.8 Å². The molecule has 1 heterocycles. The number of nitrogens with zero attached hydrogens (tertiary/aromatic N) is 2. The molecule has 29 heavy (non-hydrogen) atoms. The van der Waals surface area contributed by atoms with Gasteiger partial charge in [-0.2, -0.15) is 0 Å². The van der Waals surface area contributed by atoms with E-state index in [4.69, 9.17) is 27.9 Å². The Hall–Kier alpha value is -2.50. The van der Waals surface area contributed by atoms with Crippen LogP contribution in [0.25, 0.3) is 0 Å². The van der Waals surface area contributed by atoms with Crippen molar-refractivity contribution in [3.63, 3.8) is 0 Å². The van der Waals surface area contributed by atoms with Crippen molar-refractivity contribution in [2.45, 2.75) is 33.4 Å². The molecule has 0 fully saturated rings. The van der Waals surface area contributed by atoms with Crippen molar-refractivity contribution < 1.29 is 14.6 Å². The number of aryl methyl sites for hydroxylation is 1. The van der Waals surface area contributed by atoms with Crippen LogP contribution in [0.3, 0.4) is 0 Å². The average Bonchev–Trinajstić information content (AvgIpc) is 2.95. The number of hydrogen-bond donors (Lipinski definition) is 1. The minimum Gasteiger partial charge on any atom is -0.489 e. The summed E-state index contributed by atoms with van der Waals surface area (Å²) < 4.78 is 7.73. The Kier molecular flexibility index (Phi) is 6.83. The minimum atomic E-state index is -0.871. The number of hydrogen-bond acceptors (Lipinski definition) is 3. The standard InChI is InChI=1S/C22H22Cl2N2O3/c1-14(22(27)28)10-20-21(24)25-15(2)26(20)12-17-8-9-18(11-19(17)23)29-13-16-6-4-3-5-7-16/h3-9,11,14H,10,12-13H2,1-2H3,(H,27,28). The van der Waals surface area contributed by atoms with Crippen molar-refractivity contribution in [3.8, 4) is 5.75 Å². The zero-order chi connectivity index (χ0) is 21.0. The number of benzene rings is 2. The second kappa shape index (κ2) is 9.33. The maximum absolute atomic E-state index is 11.2. The first-order valence-electron chi connectivity index (χ1n) is 9.24. The first kappa shape index (κ1) is 21.2. The number of carboxylic acids is 1. The van der Waals surface area contributed by atoms with Gasteiger partial charge in [0.25, 0.3) is 0 Å². The summed E-state index contributed by atoms with van der Waals surface area (Å²) in [4.78, 5) is 15.5. The van der Waals surface area contributed by atoms with Gasteiger partial charge in [-0.25, -0.2) is 4.98 Å². The molecule has 1 unspecified atom stereocenters. The maximum Gasteiger partial charge on any atom is 0.306 e. The highest BCUT2D eigenvalue weighted by atomic mass is 35.5. The van der Waals surface area contributed by atoms with Crippen LogP contribution in [0.15, 0.2) is 48.5 Å². The van der Waals surface area contributed by atoms with Gasteiger partial charge < -0.3 is 14.4 Å². The third-order valence-electron chi connectivity index (χ3n) is 4.74. The monoisotopic (exact) mass is 432 g/mol. The molecular weight excluding hydrogens is 411 g/mol. The first-order chi connectivity index (χ1) is 13.8. The smallest absolute Gasteiger partial charge is 0.306 e. The average molecular weight is 433 g/mol. The molecule has 0 saturated carbocycles. The van der Waals surface area contributed by atoms with Crippen molar-refractivity contribution in [1.29, 1.82) is 0 Å². The summed E-state index contributed by atoms with van der Waals surface area (Å²) >= 11 is 12.7. The highest BCUT2D eigenvalue weighted by molar-refractivity contribution is 6.31. The fourth-order valence-electron chi connectivity index (χ4n) is 3.01. The molecule has 0 amide bonds. The van der Waals surface area contributed by atoms with Gasteiger partial charge in [-0.05, 0) is 30.2 Å². The molecule has 0 saturated heterocycles. The fourth-order valence-corrected chi connectivity index (χ4v) is 3.54. The Balaban J connectivity index is 1.76. The molecular formula is C22H22Cl2N2O3. The SMILES string of the molecule is Cc1nc(Cl)c(CC(C)C(=O)O)n1Cc1ccc(OCc2ccccc2)cc1Cl. The van der Waals surface area contributed by atoms with E-state index in [0.29, 0.717) is 47.0 Å². The number of aromatic nitrogens is 2. The van der Waals surface area contributed by atoms with E-state index in [0.717, 1.165) is 11.1 Å². The van der Waals surface area contributed by atoms with Gasteiger partial charge in [-0.1, -0.05) is 66.5 Å². The van der Waals surface area contributed by atoms with Gasteiger partial charge in [0, 0.05) is 11.4 Å².